The van der Waals surface area contributed by atoms with Crippen molar-refractivity contribution < 1.29 is 4.79 Å². The first-order valence-electron chi connectivity index (χ1n) is 8.51. The van der Waals surface area contributed by atoms with Crippen molar-refractivity contribution in [1.82, 2.24) is 20.2 Å². The lowest BCUT2D eigenvalue weighted by molar-refractivity contribution is 0.0940. The lowest BCUT2D eigenvalue weighted by Gasteiger charge is -2.23. The number of hydrogen-bond donors (Lipinski definition) is 2. The number of fused-ring (bicyclic) bond motifs is 1. The van der Waals surface area contributed by atoms with Crippen molar-refractivity contribution in [3.8, 4) is 0 Å². The van der Waals surface area contributed by atoms with Crippen molar-refractivity contribution in [3.63, 3.8) is 0 Å². The van der Waals surface area contributed by atoms with Gasteiger partial charge < -0.3 is 15.2 Å². The number of aromatic amines is 1. The summed E-state index contributed by atoms with van der Waals surface area (Å²) in [6.45, 7) is 6.06. The molecule has 2 aliphatic rings. The lowest BCUT2D eigenvalue weighted by Crippen LogP contribution is -2.32. The number of likely N-dealkylation sites (N-methyl/N-ethyl adjacent to an activating group) is 1. The monoisotopic (exact) mass is 304 g/mol. The predicted octanol–water partition coefficient (Wildman–Crippen LogP) is 2.14. The molecule has 1 saturated carbocycles. The molecule has 1 amide bonds. The van der Waals surface area contributed by atoms with Crippen LogP contribution in [0.2, 0.25) is 0 Å². The number of hydrogen-bond acceptors (Lipinski definition) is 3. The highest BCUT2D eigenvalue weighted by Gasteiger charge is 2.29. The van der Waals surface area contributed by atoms with Gasteiger partial charge >= 0.3 is 0 Å². The van der Waals surface area contributed by atoms with Gasteiger partial charge in [-0.05, 0) is 31.7 Å². The van der Waals surface area contributed by atoms with Crippen molar-refractivity contribution in [3.05, 3.63) is 17.2 Å². The molecule has 5 heteroatoms. The number of amides is 1. The predicted molar refractivity (Wildman–Crippen MR) is 87.0 cm³/mol. The summed E-state index contributed by atoms with van der Waals surface area (Å²) in [5.41, 5.74) is 1.67. The molecule has 3 rings (SSSR count). The zero-order valence-corrected chi connectivity index (χ0v) is 14.0. The van der Waals surface area contributed by atoms with E-state index < -0.39 is 0 Å². The molecule has 1 aromatic rings. The van der Waals surface area contributed by atoms with Gasteiger partial charge in [-0.3, -0.25) is 4.79 Å². The molecule has 0 aromatic carbocycles. The Morgan fingerprint density at radius 3 is 2.77 bits per heavy atom. The first-order valence-corrected chi connectivity index (χ1v) is 8.51. The topological polar surface area (TPSA) is 61.0 Å². The van der Waals surface area contributed by atoms with Crippen molar-refractivity contribution >= 4 is 5.91 Å². The quantitative estimate of drug-likeness (QED) is 0.896. The van der Waals surface area contributed by atoms with E-state index in [-0.39, 0.29) is 11.3 Å². The molecular formula is C17H28N4O. The third kappa shape index (κ3) is 3.35. The fraction of sp³-hybridized carbons (Fsp3) is 0.765. The zero-order chi connectivity index (χ0) is 15.7. The van der Waals surface area contributed by atoms with E-state index in [0.717, 1.165) is 36.9 Å². The van der Waals surface area contributed by atoms with E-state index in [1.165, 1.54) is 25.7 Å². The maximum atomic E-state index is 12.1. The van der Waals surface area contributed by atoms with Gasteiger partial charge in [0.15, 0.2) is 0 Å². The van der Waals surface area contributed by atoms with E-state index in [2.05, 4.69) is 41.1 Å². The van der Waals surface area contributed by atoms with Crippen molar-refractivity contribution in [2.45, 2.75) is 58.4 Å². The summed E-state index contributed by atoms with van der Waals surface area (Å²) in [5.74, 6) is 0.912. The van der Waals surface area contributed by atoms with Gasteiger partial charge in [0.1, 0.15) is 11.5 Å². The Balaban J connectivity index is 1.66. The van der Waals surface area contributed by atoms with Crippen LogP contribution in [0.15, 0.2) is 0 Å². The van der Waals surface area contributed by atoms with Gasteiger partial charge in [0, 0.05) is 31.2 Å². The molecule has 122 valence electrons. The van der Waals surface area contributed by atoms with Gasteiger partial charge in [0.25, 0.3) is 5.91 Å². The molecule has 1 aliphatic carbocycles. The normalized spacial score (nSPS) is 21.7. The van der Waals surface area contributed by atoms with Gasteiger partial charge in [0.2, 0.25) is 0 Å². The zero-order valence-electron chi connectivity index (χ0n) is 14.0. The molecular weight excluding hydrogens is 276 g/mol. The highest BCUT2D eigenvalue weighted by atomic mass is 16.1. The van der Waals surface area contributed by atoms with Crippen LogP contribution in [0.4, 0.5) is 0 Å². The largest absolute Gasteiger partial charge is 0.350 e. The number of carbonyl (C=O) groups is 1. The van der Waals surface area contributed by atoms with E-state index in [9.17, 15) is 4.79 Å². The summed E-state index contributed by atoms with van der Waals surface area (Å²) in [6, 6.07) is 0.731. The molecule has 0 radical (unpaired) electrons. The fourth-order valence-corrected chi connectivity index (χ4v) is 3.65. The lowest BCUT2D eigenvalue weighted by atomic mass is 9.88. The number of imidazole rings is 1. The molecule has 1 fully saturated rings. The molecule has 5 nitrogen and oxygen atoms in total. The van der Waals surface area contributed by atoms with Gasteiger partial charge in [-0.1, -0.05) is 26.7 Å². The van der Waals surface area contributed by atoms with Crippen LogP contribution in [0, 0.1) is 5.41 Å². The van der Waals surface area contributed by atoms with Gasteiger partial charge in [-0.15, -0.1) is 0 Å². The summed E-state index contributed by atoms with van der Waals surface area (Å²) in [6.07, 6.45) is 7.11. The number of H-pyrrole nitrogens is 1. The highest BCUT2D eigenvalue weighted by Crippen LogP contribution is 2.25. The number of nitrogens with zero attached hydrogens (tertiary/aromatic N) is 2. The van der Waals surface area contributed by atoms with Crippen LogP contribution >= 0.6 is 0 Å². The first-order chi connectivity index (χ1) is 10.4. The molecule has 0 unspecified atom stereocenters. The summed E-state index contributed by atoms with van der Waals surface area (Å²) in [7, 11) is 2.21. The molecule has 0 spiro atoms. The van der Waals surface area contributed by atoms with Crippen LogP contribution in [-0.4, -0.2) is 47.0 Å². The van der Waals surface area contributed by atoms with Crippen LogP contribution in [0.25, 0.3) is 0 Å². The molecule has 0 atom stereocenters. The summed E-state index contributed by atoms with van der Waals surface area (Å²) in [4.78, 5) is 22.6. The van der Waals surface area contributed by atoms with Gasteiger partial charge in [0.05, 0.1) is 0 Å². The van der Waals surface area contributed by atoms with Gasteiger partial charge in [-0.25, -0.2) is 4.98 Å². The van der Waals surface area contributed by atoms with E-state index >= 15 is 0 Å². The average molecular weight is 304 g/mol. The number of rotatable bonds is 4. The summed E-state index contributed by atoms with van der Waals surface area (Å²) >= 11 is 0. The van der Waals surface area contributed by atoms with Crippen molar-refractivity contribution in [2.24, 2.45) is 5.41 Å². The van der Waals surface area contributed by atoms with Crippen LogP contribution < -0.4 is 5.32 Å². The van der Waals surface area contributed by atoms with E-state index in [1.807, 2.05) is 0 Å². The third-order valence-electron chi connectivity index (χ3n) is 5.08. The standard InChI is InChI=1S/C17H28N4O/c1-17(2)10-13-15(16(22)18-11-17)20-14(19-13)8-9-21(3)12-6-4-5-7-12/h12H,4-11H2,1-3H3,(H,18,22)(H,19,20). The Bertz CT molecular complexity index is 543. The van der Waals surface area contributed by atoms with E-state index in [1.54, 1.807) is 0 Å². The van der Waals surface area contributed by atoms with Crippen LogP contribution in [-0.2, 0) is 12.8 Å². The van der Waals surface area contributed by atoms with Crippen molar-refractivity contribution in [1.29, 1.82) is 0 Å². The molecule has 1 aliphatic heterocycles. The van der Waals surface area contributed by atoms with Gasteiger partial charge in [-0.2, -0.15) is 0 Å². The first kappa shape index (κ1) is 15.5. The SMILES string of the molecule is CN(CCc1nc2c([nH]1)CC(C)(C)CNC2=O)C1CCCC1. The third-order valence-corrected chi connectivity index (χ3v) is 5.08. The Morgan fingerprint density at radius 2 is 2.05 bits per heavy atom. The minimum Gasteiger partial charge on any atom is -0.350 e. The molecule has 22 heavy (non-hydrogen) atoms. The Hall–Kier alpha value is -1.36. The second-order valence-electron chi connectivity index (χ2n) is 7.70. The fourth-order valence-electron chi connectivity index (χ4n) is 3.65. The molecule has 2 N–H and O–H groups in total. The number of aromatic nitrogens is 2. The Morgan fingerprint density at radius 1 is 1.32 bits per heavy atom. The average Bonchev–Trinajstić information content (AvgIpc) is 3.09. The second kappa shape index (κ2) is 6.03. The number of carbonyl (C=O) groups excluding carboxylic acids is 1. The smallest absolute Gasteiger partial charge is 0.271 e. The number of nitrogens with one attached hydrogen (secondary N) is 2. The maximum Gasteiger partial charge on any atom is 0.271 e. The maximum absolute atomic E-state index is 12.1. The minimum atomic E-state index is -0.0350. The molecule has 1 aromatic heterocycles. The van der Waals surface area contributed by atoms with E-state index in [4.69, 9.17) is 0 Å². The second-order valence-corrected chi connectivity index (χ2v) is 7.70. The van der Waals surface area contributed by atoms with Crippen molar-refractivity contribution in [2.75, 3.05) is 20.1 Å². The Labute approximate surface area is 132 Å². The van der Waals surface area contributed by atoms with Crippen LogP contribution in [0.5, 0.6) is 0 Å². The molecule has 2 heterocycles. The Kier molecular flexibility index (Phi) is 4.26. The summed E-state index contributed by atoms with van der Waals surface area (Å²) in [5, 5.41) is 2.98. The van der Waals surface area contributed by atoms with E-state index in [0.29, 0.717) is 12.2 Å². The molecule has 0 saturated heterocycles. The highest BCUT2D eigenvalue weighted by molar-refractivity contribution is 5.93. The minimum absolute atomic E-state index is 0.0350. The molecule has 0 bridgehead atoms. The van der Waals surface area contributed by atoms with Crippen LogP contribution in [0.1, 0.15) is 61.5 Å². The summed E-state index contributed by atoms with van der Waals surface area (Å²) < 4.78 is 0. The van der Waals surface area contributed by atoms with Crippen LogP contribution in [0.3, 0.4) is 0 Å².